The summed E-state index contributed by atoms with van der Waals surface area (Å²) in [6, 6.07) is 9.04. The lowest BCUT2D eigenvalue weighted by atomic mass is 9.77. The van der Waals surface area contributed by atoms with Crippen LogP contribution in [0.15, 0.2) is 24.3 Å². The van der Waals surface area contributed by atoms with Crippen molar-refractivity contribution in [3.63, 3.8) is 0 Å². The van der Waals surface area contributed by atoms with Crippen molar-refractivity contribution in [3.8, 4) is 0 Å². The Bertz CT molecular complexity index is 327. The van der Waals surface area contributed by atoms with E-state index in [4.69, 9.17) is 0 Å². The maximum absolute atomic E-state index is 2.36. The summed E-state index contributed by atoms with van der Waals surface area (Å²) in [5.41, 5.74) is 2.95. The van der Waals surface area contributed by atoms with E-state index in [-0.39, 0.29) is 0 Å². The highest BCUT2D eigenvalue weighted by Crippen LogP contribution is 2.32. The summed E-state index contributed by atoms with van der Waals surface area (Å²) in [6.45, 7) is 4.54. The molecule has 1 aliphatic rings. The molecule has 0 nitrogen and oxygen atoms in total. The number of aryl methyl sites for hydroxylation is 1. The first-order valence-corrected chi connectivity index (χ1v) is 6.83. The molecule has 1 fully saturated rings. The smallest absolute Gasteiger partial charge is 0.0250 e. The summed E-state index contributed by atoms with van der Waals surface area (Å²) in [7, 11) is 0. The summed E-state index contributed by atoms with van der Waals surface area (Å²) in [5, 5.41) is 0. The van der Waals surface area contributed by atoms with Gasteiger partial charge in [-0.15, -0.1) is 0 Å². The van der Waals surface area contributed by atoms with E-state index < -0.39 is 0 Å². The van der Waals surface area contributed by atoms with Gasteiger partial charge < -0.3 is 0 Å². The van der Waals surface area contributed by atoms with Crippen molar-refractivity contribution in [2.75, 3.05) is 0 Å². The van der Waals surface area contributed by atoms with Gasteiger partial charge in [0.1, 0.15) is 0 Å². The Labute approximate surface area is 100 Å². The van der Waals surface area contributed by atoms with Crippen LogP contribution in [0.5, 0.6) is 0 Å². The summed E-state index contributed by atoms with van der Waals surface area (Å²) in [4.78, 5) is 0. The lowest BCUT2D eigenvalue weighted by molar-refractivity contribution is 0.259. The standard InChI is InChI=1S/C16H24/c1-3-14-7-5-9-16(11-14)12-15-8-4-6-13(2)10-15/h4,6,8,10,14,16H,3,5,7,9,11-12H2,1-2H3. The van der Waals surface area contributed by atoms with Crippen molar-refractivity contribution >= 4 is 0 Å². The quantitative estimate of drug-likeness (QED) is 0.683. The van der Waals surface area contributed by atoms with E-state index in [1.165, 1.54) is 44.1 Å². The molecule has 1 saturated carbocycles. The Morgan fingerprint density at radius 3 is 2.75 bits per heavy atom. The zero-order valence-electron chi connectivity index (χ0n) is 10.7. The fourth-order valence-electron chi connectivity index (χ4n) is 3.13. The molecule has 2 unspecified atom stereocenters. The van der Waals surface area contributed by atoms with Crippen molar-refractivity contribution in [2.24, 2.45) is 11.8 Å². The van der Waals surface area contributed by atoms with E-state index in [0.717, 1.165) is 11.8 Å². The minimum atomic E-state index is 0.945. The third-order valence-electron chi connectivity index (χ3n) is 4.08. The fraction of sp³-hybridized carbons (Fsp3) is 0.625. The predicted molar refractivity (Wildman–Crippen MR) is 70.6 cm³/mol. The zero-order valence-corrected chi connectivity index (χ0v) is 10.7. The van der Waals surface area contributed by atoms with Gasteiger partial charge in [0.2, 0.25) is 0 Å². The molecule has 0 amide bonds. The number of hydrogen-bond donors (Lipinski definition) is 0. The molecule has 0 aromatic heterocycles. The van der Waals surface area contributed by atoms with Gasteiger partial charge in [-0.2, -0.15) is 0 Å². The molecule has 0 spiro atoms. The van der Waals surface area contributed by atoms with Crippen molar-refractivity contribution in [1.29, 1.82) is 0 Å². The first-order valence-electron chi connectivity index (χ1n) is 6.83. The molecule has 2 atom stereocenters. The summed E-state index contributed by atoms with van der Waals surface area (Å²) >= 11 is 0. The Morgan fingerprint density at radius 1 is 1.19 bits per heavy atom. The minimum Gasteiger partial charge on any atom is -0.0651 e. The van der Waals surface area contributed by atoms with Crippen molar-refractivity contribution in [1.82, 2.24) is 0 Å². The number of hydrogen-bond acceptors (Lipinski definition) is 0. The highest BCUT2D eigenvalue weighted by atomic mass is 14.3. The SMILES string of the molecule is CCC1CCCC(Cc2cccc(C)c2)C1. The molecular formula is C16H24. The highest BCUT2D eigenvalue weighted by molar-refractivity contribution is 5.22. The van der Waals surface area contributed by atoms with Crippen LogP contribution < -0.4 is 0 Å². The van der Waals surface area contributed by atoms with Crippen LogP contribution in [0, 0.1) is 18.8 Å². The summed E-state index contributed by atoms with van der Waals surface area (Å²) in [5.74, 6) is 1.95. The minimum absolute atomic E-state index is 0.945. The van der Waals surface area contributed by atoms with Gasteiger partial charge in [0, 0.05) is 0 Å². The van der Waals surface area contributed by atoms with Crippen LogP contribution in [0.3, 0.4) is 0 Å². The van der Waals surface area contributed by atoms with Crippen LogP contribution in [0.4, 0.5) is 0 Å². The van der Waals surface area contributed by atoms with Gasteiger partial charge in [0.25, 0.3) is 0 Å². The first kappa shape index (κ1) is 11.7. The molecule has 88 valence electrons. The maximum Gasteiger partial charge on any atom is -0.0250 e. The van der Waals surface area contributed by atoms with E-state index in [1.54, 1.807) is 5.56 Å². The van der Waals surface area contributed by atoms with Crippen molar-refractivity contribution < 1.29 is 0 Å². The monoisotopic (exact) mass is 216 g/mol. The van der Waals surface area contributed by atoms with E-state index in [1.807, 2.05) is 0 Å². The second kappa shape index (κ2) is 5.52. The Kier molecular flexibility index (Phi) is 4.04. The lowest BCUT2D eigenvalue weighted by Gasteiger charge is -2.28. The predicted octanol–water partition coefficient (Wildman–Crippen LogP) is 4.75. The molecule has 0 radical (unpaired) electrons. The Hall–Kier alpha value is -0.780. The highest BCUT2D eigenvalue weighted by Gasteiger charge is 2.20. The summed E-state index contributed by atoms with van der Waals surface area (Å²) < 4.78 is 0. The number of rotatable bonds is 3. The molecule has 2 rings (SSSR count). The molecule has 0 saturated heterocycles. The third-order valence-corrected chi connectivity index (χ3v) is 4.08. The second-order valence-corrected chi connectivity index (χ2v) is 5.50. The van der Waals surface area contributed by atoms with E-state index in [0.29, 0.717) is 0 Å². The average Bonchev–Trinajstić information content (AvgIpc) is 2.29. The molecule has 1 aromatic carbocycles. The van der Waals surface area contributed by atoms with Gasteiger partial charge >= 0.3 is 0 Å². The average molecular weight is 216 g/mol. The molecule has 16 heavy (non-hydrogen) atoms. The van der Waals surface area contributed by atoms with Gasteiger partial charge in [-0.3, -0.25) is 0 Å². The molecule has 0 N–H and O–H groups in total. The van der Waals surface area contributed by atoms with Gasteiger partial charge in [0.15, 0.2) is 0 Å². The topological polar surface area (TPSA) is 0 Å². The van der Waals surface area contributed by atoms with Crippen LogP contribution in [-0.2, 0) is 6.42 Å². The maximum atomic E-state index is 2.36. The van der Waals surface area contributed by atoms with Gasteiger partial charge in [-0.25, -0.2) is 0 Å². The molecular weight excluding hydrogens is 192 g/mol. The molecule has 1 aromatic rings. The Morgan fingerprint density at radius 2 is 2.00 bits per heavy atom. The van der Waals surface area contributed by atoms with Crippen LogP contribution in [0.2, 0.25) is 0 Å². The van der Waals surface area contributed by atoms with E-state index in [9.17, 15) is 0 Å². The normalized spacial score (nSPS) is 25.6. The summed E-state index contributed by atoms with van der Waals surface area (Å²) in [6.07, 6.45) is 8.52. The van der Waals surface area contributed by atoms with E-state index in [2.05, 4.69) is 38.1 Å². The fourth-order valence-corrected chi connectivity index (χ4v) is 3.13. The number of benzene rings is 1. The van der Waals surface area contributed by atoms with Crippen LogP contribution >= 0.6 is 0 Å². The second-order valence-electron chi connectivity index (χ2n) is 5.50. The van der Waals surface area contributed by atoms with Crippen LogP contribution in [0.25, 0.3) is 0 Å². The molecule has 0 heteroatoms. The van der Waals surface area contributed by atoms with Crippen LogP contribution in [0.1, 0.15) is 50.2 Å². The zero-order chi connectivity index (χ0) is 11.4. The molecule has 1 aliphatic carbocycles. The first-order chi connectivity index (χ1) is 7.78. The molecule has 0 heterocycles. The van der Waals surface area contributed by atoms with Gasteiger partial charge in [-0.05, 0) is 37.2 Å². The third kappa shape index (κ3) is 3.10. The lowest BCUT2D eigenvalue weighted by Crippen LogP contribution is -2.16. The van der Waals surface area contributed by atoms with Gasteiger partial charge in [0.05, 0.1) is 0 Å². The largest absolute Gasteiger partial charge is 0.0651 e. The molecule has 0 aliphatic heterocycles. The van der Waals surface area contributed by atoms with Crippen LogP contribution in [-0.4, -0.2) is 0 Å². The Balaban J connectivity index is 1.94. The molecule has 0 bridgehead atoms. The van der Waals surface area contributed by atoms with Crippen molar-refractivity contribution in [2.45, 2.75) is 52.4 Å². The van der Waals surface area contributed by atoms with Gasteiger partial charge in [-0.1, -0.05) is 62.4 Å². The van der Waals surface area contributed by atoms with Crippen molar-refractivity contribution in [3.05, 3.63) is 35.4 Å². The van der Waals surface area contributed by atoms with E-state index >= 15 is 0 Å².